The number of carbonyl (C=O) groups excluding carboxylic acids is 3. The summed E-state index contributed by atoms with van der Waals surface area (Å²) < 4.78 is 19.5. The standard InChI is InChI=1S/C26H26FN5O4/c1-28-21(33)13-30-22-23(25(35)24(22)34)32-9-6-14(7-10-32)19-12-18-16(5-8-29-26(18)31-19)17-11-15(27)3-4-20(17)36-2/h3-6,8,11-12,22-23,30H,7,9-10,13H2,1-2H3,(H,28,33)(H,29,31). The number of amides is 1. The van der Waals surface area contributed by atoms with Gasteiger partial charge in [0, 0.05) is 43.0 Å². The number of aromatic amines is 1. The number of fused-ring (bicyclic) bond motifs is 1. The molecular weight excluding hydrogens is 465 g/mol. The van der Waals surface area contributed by atoms with Crippen molar-refractivity contribution in [3.05, 3.63) is 54.1 Å². The van der Waals surface area contributed by atoms with Gasteiger partial charge >= 0.3 is 0 Å². The van der Waals surface area contributed by atoms with E-state index in [1.807, 2.05) is 23.1 Å². The summed E-state index contributed by atoms with van der Waals surface area (Å²) in [7, 11) is 3.07. The van der Waals surface area contributed by atoms with Gasteiger partial charge in [-0.3, -0.25) is 24.6 Å². The Morgan fingerprint density at radius 1 is 1.22 bits per heavy atom. The third kappa shape index (κ3) is 4.18. The molecule has 0 spiro atoms. The fourth-order valence-electron chi connectivity index (χ4n) is 4.88. The molecule has 10 heteroatoms. The minimum absolute atomic E-state index is 0.0217. The monoisotopic (exact) mass is 491 g/mol. The van der Waals surface area contributed by atoms with E-state index >= 15 is 0 Å². The highest BCUT2D eigenvalue weighted by Crippen LogP contribution is 2.37. The molecule has 3 heterocycles. The molecule has 2 atom stereocenters. The van der Waals surface area contributed by atoms with Crippen LogP contribution in [-0.2, 0) is 14.4 Å². The molecule has 36 heavy (non-hydrogen) atoms. The number of ketones is 2. The smallest absolute Gasteiger partial charge is 0.233 e. The lowest BCUT2D eigenvalue weighted by atomic mass is 9.81. The number of nitrogens with one attached hydrogen (secondary N) is 3. The van der Waals surface area contributed by atoms with Gasteiger partial charge in [-0.15, -0.1) is 0 Å². The van der Waals surface area contributed by atoms with Crippen LogP contribution in [0.3, 0.4) is 0 Å². The Morgan fingerprint density at radius 3 is 2.78 bits per heavy atom. The van der Waals surface area contributed by atoms with Gasteiger partial charge in [-0.2, -0.15) is 0 Å². The third-order valence-electron chi connectivity index (χ3n) is 6.83. The molecule has 2 unspecified atom stereocenters. The number of aromatic nitrogens is 2. The number of benzene rings is 1. The summed E-state index contributed by atoms with van der Waals surface area (Å²) in [6.07, 6.45) is 4.36. The largest absolute Gasteiger partial charge is 0.496 e. The number of hydrogen-bond donors (Lipinski definition) is 3. The molecule has 5 rings (SSSR count). The molecule has 1 fully saturated rings. The van der Waals surface area contributed by atoms with Gasteiger partial charge in [0.05, 0.1) is 19.7 Å². The van der Waals surface area contributed by atoms with Crippen LogP contribution < -0.4 is 15.4 Å². The summed E-state index contributed by atoms with van der Waals surface area (Å²) in [5.41, 5.74) is 4.08. The van der Waals surface area contributed by atoms with Gasteiger partial charge in [0.2, 0.25) is 17.5 Å². The van der Waals surface area contributed by atoms with E-state index in [4.69, 9.17) is 4.74 Å². The average Bonchev–Trinajstić information content (AvgIpc) is 3.35. The number of ether oxygens (including phenoxy) is 1. The zero-order valence-electron chi connectivity index (χ0n) is 19.9. The fraction of sp³-hybridized carbons (Fsp3) is 0.308. The van der Waals surface area contributed by atoms with Crippen LogP contribution in [0.15, 0.2) is 42.6 Å². The zero-order chi connectivity index (χ0) is 25.4. The van der Waals surface area contributed by atoms with E-state index in [0.29, 0.717) is 36.5 Å². The normalized spacial score (nSPS) is 20.2. The fourth-order valence-corrected chi connectivity index (χ4v) is 4.88. The Morgan fingerprint density at radius 2 is 2.06 bits per heavy atom. The van der Waals surface area contributed by atoms with Crippen molar-refractivity contribution in [2.45, 2.75) is 18.5 Å². The predicted molar refractivity (Wildman–Crippen MR) is 132 cm³/mol. The lowest BCUT2D eigenvalue weighted by molar-refractivity contribution is -0.151. The SMILES string of the molecule is CNC(=O)CNC1C(=O)C(=O)C1N1CC=C(c2cc3c(-c4cc(F)ccc4OC)ccnc3[nH]2)CC1. The number of nitrogens with zero attached hydrogens (tertiary/aromatic N) is 2. The molecule has 0 saturated heterocycles. The van der Waals surface area contributed by atoms with Gasteiger partial charge < -0.3 is 15.0 Å². The van der Waals surface area contributed by atoms with Crippen molar-refractivity contribution in [1.82, 2.24) is 25.5 Å². The molecule has 3 aromatic rings. The van der Waals surface area contributed by atoms with Crippen molar-refractivity contribution >= 4 is 34.1 Å². The molecule has 9 nitrogen and oxygen atoms in total. The molecule has 0 bridgehead atoms. The first-order chi connectivity index (χ1) is 17.4. The number of hydrogen-bond acceptors (Lipinski definition) is 7. The summed E-state index contributed by atoms with van der Waals surface area (Å²) in [5, 5.41) is 6.23. The molecule has 2 aromatic heterocycles. The molecule has 0 radical (unpaired) electrons. The topological polar surface area (TPSA) is 116 Å². The lowest BCUT2D eigenvalue weighted by Crippen LogP contribution is -2.71. The first-order valence-corrected chi connectivity index (χ1v) is 11.7. The second-order valence-corrected chi connectivity index (χ2v) is 8.83. The molecule has 3 N–H and O–H groups in total. The number of carbonyl (C=O) groups is 3. The second kappa shape index (κ2) is 9.63. The van der Waals surface area contributed by atoms with Crippen LogP contribution >= 0.6 is 0 Å². The summed E-state index contributed by atoms with van der Waals surface area (Å²) in [5.74, 6) is -0.943. The van der Waals surface area contributed by atoms with E-state index in [1.54, 1.807) is 19.4 Å². The van der Waals surface area contributed by atoms with Gasteiger partial charge in [-0.25, -0.2) is 9.37 Å². The number of likely N-dealkylation sites (N-methyl/N-ethyl adjacent to an activating group) is 1. The van der Waals surface area contributed by atoms with Gasteiger partial charge in [0.15, 0.2) is 0 Å². The number of methoxy groups -OCH3 is 1. The van der Waals surface area contributed by atoms with E-state index in [-0.39, 0.29) is 18.3 Å². The van der Waals surface area contributed by atoms with E-state index in [9.17, 15) is 18.8 Å². The molecule has 1 aliphatic carbocycles. The molecule has 1 aromatic carbocycles. The molecule has 2 aliphatic rings. The summed E-state index contributed by atoms with van der Waals surface area (Å²) in [6.45, 7) is 1.05. The third-order valence-corrected chi connectivity index (χ3v) is 6.83. The quantitative estimate of drug-likeness (QED) is 0.431. The Labute approximate surface area is 206 Å². The van der Waals surface area contributed by atoms with Gasteiger partial charge in [0.1, 0.15) is 23.3 Å². The number of halogens is 1. The first-order valence-electron chi connectivity index (χ1n) is 11.7. The Balaban J connectivity index is 1.37. The number of H-pyrrole nitrogens is 1. The van der Waals surface area contributed by atoms with E-state index < -0.39 is 23.7 Å². The van der Waals surface area contributed by atoms with Crippen molar-refractivity contribution in [2.24, 2.45) is 0 Å². The summed E-state index contributed by atoms with van der Waals surface area (Å²) >= 11 is 0. The van der Waals surface area contributed by atoms with E-state index in [1.165, 1.54) is 19.2 Å². The van der Waals surface area contributed by atoms with E-state index in [2.05, 4.69) is 20.6 Å². The predicted octanol–water partition coefficient (Wildman–Crippen LogP) is 1.69. The highest BCUT2D eigenvalue weighted by Gasteiger charge is 2.51. The summed E-state index contributed by atoms with van der Waals surface area (Å²) in [6, 6.07) is 6.99. The number of pyridine rings is 1. The minimum atomic E-state index is -0.675. The highest BCUT2D eigenvalue weighted by atomic mass is 19.1. The van der Waals surface area contributed by atoms with Crippen LogP contribution in [0.1, 0.15) is 12.1 Å². The minimum Gasteiger partial charge on any atom is -0.496 e. The van der Waals surface area contributed by atoms with Crippen LogP contribution in [0.4, 0.5) is 4.39 Å². The summed E-state index contributed by atoms with van der Waals surface area (Å²) in [4.78, 5) is 45.7. The van der Waals surface area contributed by atoms with Crippen molar-refractivity contribution in [1.29, 1.82) is 0 Å². The Bertz CT molecular complexity index is 1400. The van der Waals surface area contributed by atoms with Gasteiger partial charge in [-0.05, 0) is 47.9 Å². The molecule has 1 saturated carbocycles. The number of Topliss-reactive ketones (excluding diaryl/α,β-unsaturated/α-hetero) is 2. The van der Waals surface area contributed by atoms with Crippen LogP contribution in [0.5, 0.6) is 5.75 Å². The maximum Gasteiger partial charge on any atom is 0.233 e. The van der Waals surface area contributed by atoms with E-state index in [0.717, 1.165) is 22.2 Å². The van der Waals surface area contributed by atoms with Crippen molar-refractivity contribution in [2.75, 3.05) is 33.8 Å². The maximum absolute atomic E-state index is 14.0. The second-order valence-electron chi connectivity index (χ2n) is 8.83. The average molecular weight is 492 g/mol. The van der Waals surface area contributed by atoms with Crippen LogP contribution in [-0.4, -0.2) is 78.2 Å². The van der Waals surface area contributed by atoms with Crippen LogP contribution in [0.2, 0.25) is 0 Å². The van der Waals surface area contributed by atoms with Gasteiger partial charge in [-0.1, -0.05) is 6.08 Å². The zero-order valence-corrected chi connectivity index (χ0v) is 19.9. The highest BCUT2D eigenvalue weighted by molar-refractivity contribution is 6.49. The van der Waals surface area contributed by atoms with Crippen LogP contribution in [0, 0.1) is 5.82 Å². The molecule has 186 valence electrons. The van der Waals surface area contributed by atoms with Crippen molar-refractivity contribution in [3.63, 3.8) is 0 Å². The molecule has 1 aliphatic heterocycles. The Kier molecular flexibility index (Phi) is 6.38. The first kappa shape index (κ1) is 23.8. The van der Waals surface area contributed by atoms with Crippen molar-refractivity contribution in [3.8, 4) is 16.9 Å². The molecule has 1 amide bonds. The maximum atomic E-state index is 14.0. The Hall–Kier alpha value is -3.89. The lowest BCUT2D eigenvalue weighted by Gasteiger charge is -2.42. The molecular formula is C26H26FN5O4. The van der Waals surface area contributed by atoms with Crippen LogP contribution in [0.25, 0.3) is 27.7 Å². The van der Waals surface area contributed by atoms with Crippen molar-refractivity contribution < 1.29 is 23.5 Å². The van der Waals surface area contributed by atoms with Gasteiger partial charge in [0.25, 0.3) is 0 Å². The number of rotatable bonds is 7.